The van der Waals surface area contributed by atoms with Gasteiger partial charge in [0.2, 0.25) is 5.91 Å². The number of amides is 1. The van der Waals surface area contributed by atoms with E-state index in [4.69, 9.17) is 10.7 Å². The first-order valence-electron chi connectivity index (χ1n) is 13.0. The number of anilines is 1. The largest absolute Gasteiger partial charge is 0.403 e. The summed E-state index contributed by atoms with van der Waals surface area (Å²) in [4.78, 5) is 23.8. The molecular formula is C29H34N8O. The fourth-order valence-corrected chi connectivity index (χ4v) is 6.57. The van der Waals surface area contributed by atoms with Gasteiger partial charge in [-0.3, -0.25) is 14.5 Å². The molecule has 4 unspecified atom stereocenters. The molecule has 9 heteroatoms. The number of carbonyl (C=O) groups excluding carboxylic acids is 1. The Balaban J connectivity index is 1.49. The first-order valence-corrected chi connectivity index (χ1v) is 13.0. The van der Waals surface area contributed by atoms with Gasteiger partial charge >= 0.3 is 0 Å². The van der Waals surface area contributed by atoms with E-state index in [0.717, 1.165) is 53.8 Å². The number of nitriles is 1. The molecule has 38 heavy (non-hydrogen) atoms. The number of piperidine rings is 1. The molecule has 0 radical (unpaired) electrons. The number of nitrogens with two attached hydrogens (primary N) is 1. The average molecular weight is 511 g/mol. The van der Waals surface area contributed by atoms with Crippen LogP contribution < -0.4 is 16.0 Å². The van der Waals surface area contributed by atoms with Crippen LogP contribution in [0.25, 0.3) is 27.8 Å². The standard InChI is InChI=1S/C29H34N8O/c1-18-7-20-8-25(11-29(3,10-20)35-19(2)38)37(18)27-6-5-21(14-32-27)26-9-22(24-16-34-36(4)17-24)15-33-28(26)23(12-30)13-31/h5-6,9,12,14-18,20,25H,7-8,10-11,30H2,1-4H3,(H,35,38). The van der Waals surface area contributed by atoms with Crippen molar-refractivity contribution in [3.8, 4) is 28.3 Å². The number of nitrogens with zero attached hydrogens (tertiary/aromatic N) is 6. The SMILES string of the molecule is CC(=O)NC1(C)CC2CC(C)N(c3ccc(-c4cc(-c5cnn(C)c5)cnc4C(C#N)=CN)cn3)C(C2)C1. The van der Waals surface area contributed by atoms with Crippen molar-refractivity contribution in [1.82, 2.24) is 25.1 Å². The van der Waals surface area contributed by atoms with Crippen molar-refractivity contribution in [1.29, 1.82) is 5.26 Å². The summed E-state index contributed by atoms with van der Waals surface area (Å²) >= 11 is 0. The lowest BCUT2D eigenvalue weighted by atomic mass is 9.69. The van der Waals surface area contributed by atoms with Gasteiger partial charge in [-0.2, -0.15) is 10.4 Å². The smallest absolute Gasteiger partial charge is 0.217 e. The highest BCUT2D eigenvalue weighted by Crippen LogP contribution is 2.44. The second-order valence-corrected chi connectivity index (χ2v) is 11.0. The number of aromatic nitrogens is 4. The average Bonchev–Trinajstić information content (AvgIpc) is 3.30. The van der Waals surface area contributed by atoms with Gasteiger partial charge in [0, 0.05) is 78.6 Å². The third kappa shape index (κ3) is 4.86. The molecule has 2 fully saturated rings. The topological polar surface area (TPSA) is 126 Å². The number of pyridine rings is 2. The van der Waals surface area contributed by atoms with E-state index in [9.17, 15) is 10.1 Å². The maximum absolute atomic E-state index is 11.9. The molecule has 0 aromatic carbocycles. The number of aryl methyl sites for hydroxylation is 1. The molecule has 5 rings (SSSR count). The van der Waals surface area contributed by atoms with Gasteiger partial charge < -0.3 is 16.0 Å². The van der Waals surface area contributed by atoms with Crippen LogP contribution in [0.5, 0.6) is 0 Å². The van der Waals surface area contributed by atoms with E-state index in [1.54, 1.807) is 24.0 Å². The second kappa shape index (κ2) is 9.93. The molecule has 1 aliphatic carbocycles. The van der Waals surface area contributed by atoms with Gasteiger partial charge in [-0.05, 0) is 63.6 Å². The van der Waals surface area contributed by atoms with E-state index in [2.05, 4.69) is 46.3 Å². The molecule has 3 aromatic rings. The second-order valence-electron chi connectivity index (χ2n) is 11.0. The molecule has 1 aliphatic heterocycles. The summed E-state index contributed by atoms with van der Waals surface area (Å²) in [7, 11) is 1.87. The van der Waals surface area contributed by atoms with Gasteiger partial charge in [0.05, 0.1) is 17.5 Å². The Kier molecular flexibility index (Phi) is 6.66. The molecule has 196 valence electrons. The van der Waals surface area contributed by atoms with Crippen LogP contribution in [-0.4, -0.2) is 43.3 Å². The van der Waals surface area contributed by atoms with Crippen molar-refractivity contribution in [2.75, 3.05) is 4.90 Å². The Bertz CT molecular complexity index is 1420. The lowest BCUT2D eigenvalue weighted by Crippen LogP contribution is -2.60. The molecule has 9 nitrogen and oxygen atoms in total. The molecule has 3 aromatic heterocycles. The van der Waals surface area contributed by atoms with Gasteiger partial charge in [0.15, 0.2) is 0 Å². The highest BCUT2D eigenvalue weighted by molar-refractivity contribution is 5.87. The number of hydrogen-bond donors (Lipinski definition) is 2. The summed E-state index contributed by atoms with van der Waals surface area (Å²) in [5, 5.41) is 17.1. The summed E-state index contributed by atoms with van der Waals surface area (Å²) in [6, 6.07) is 8.91. The van der Waals surface area contributed by atoms with E-state index >= 15 is 0 Å². The molecule has 1 saturated carbocycles. The Morgan fingerprint density at radius 1 is 1.18 bits per heavy atom. The van der Waals surface area contributed by atoms with Crippen molar-refractivity contribution in [3.05, 3.63) is 54.9 Å². The minimum absolute atomic E-state index is 0.0238. The summed E-state index contributed by atoms with van der Waals surface area (Å²) in [6.45, 7) is 6.03. The zero-order chi connectivity index (χ0) is 27.0. The van der Waals surface area contributed by atoms with Crippen LogP contribution in [-0.2, 0) is 11.8 Å². The number of carbonyl (C=O) groups is 1. The van der Waals surface area contributed by atoms with Crippen LogP contribution >= 0.6 is 0 Å². The third-order valence-electron chi connectivity index (χ3n) is 7.84. The highest BCUT2D eigenvalue weighted by atomic mass is 16.1. The predicted molar refractivity (Wildman–Crippen MR) is 147 cm³/mol. The van der Waals surface area contributed by atoms with Gasteiger partial charge in [0.1, 0.15) is 11.9 Å². The predicted octanol–water partition coefficient (Wildman–Crippen LogP) is 4.03. The van der Waals surface area contributed by atoms with Crippen LogP contribution in [0.4, 0.5) is 5.82 Å². The third-order valence-corrected chi connectivity index (χ3v) is 7.84. The zero-order valence-electron chi connectivity index (χ0n) is 22.3. The highest BCUT2D eigenvalue weighted by Gasteiger charge is 2.45. The van der Waals surface area contributed by atoms with Crippen LogP contribution in [0.2, 0.25) is 0 Å². The Morgan fingerprint density at radius 2 is 1.97 bits per heavy atom. The van der Waals surface area contributed by atoms with Crippen molar-refractivity contribution in [2.24, 2.45) is 18.7 Å². The number of nitrogens with one attached hydrogen (secondary N) is 1. The van der Waals surface area contributed by atoms with E-state index in [1.165, 1.54) is 6.20 Å². The van der Waals surface area contributed by atoms with Gasteiger partial charge in [-0.15, -0.1) is 0 Å². The molecule has 1 amide bonds. The number of hydrogen-bond acceptors (Lipinski definition) is 7. The fourth-order valence-electron chi connectivity index (χ4n) is 6.57. The van der Waals surface area contributed by atoms with Gasteiger partial charge in [0.25, 0.3) is 0 Å². The maximum Gasteiger partial charge on any atom is 0.217 e. The molecule has 4 atom stereocenters. The van der Waals surface area contributed by atoms with Crippen molar-refractivity contribution in [2.45, 2.75) is 64.1 Å². The summed E-state index contributed by atoms with van der Waals surface area (Å²) in [5.74, 6) is 1.53. The minimum Gasteiger partial charge on any atom is -0.403 e. The summed E-state index contributed by atoms with van der Waals surface area (Å²) < 4.78 is 1.74. The molecule has 1 saturated heterocycles. The van der Waals surface area contributed by atoms with E-state index in [1.807, 2.05) is 31.6 Å². The van der Waals surface area contributed by atoms with Crippen molar-refractivity contribution >= 4 is 17.3 Å². The number of rotatable bonds is 5. The number of fused-ring (bicyclic) bond motifs is 2. The zero-order valence-corrected chi connectivity index (χ0v) is 22.3. The molecule has 2 aliphatic rings. The Hall–Kier alpha value is -4.19. The minimum atomic E-state index is -0.201. The van der Waals surface area contributed by atoms with Gasteiger partial charge in [-0.1, -0.05) is 0 Å². The lowest BCUT2D eigenvalue weighted by Gasteiger charge is -2.53. The number of allylic oxidation sites excluding steroid dienone is 1. The van der Waals surface area contributed by atoms with Crippen LogP contribution in [0.15, 0.2) is 49.2 Å². The first-order chi connectivity index (χ1) is 18.2. The quantitative estimate of drug-likeness (QED) is 0.496. The summed E-state index contributed by atoms with van der Waals surface area (Å²) in [5.41, 5.74) is 9.85. The van der Waals surface area contributed by atoms with E-state index in [0.29, 0.717) is 29.3 Å². The van der Waals surface area contributed by atoms with Crippen LogP contribution in [0.3, 0.4) is 0 Å². The summed E-state index contributed by atoms with van der Waals surface area (Å²) in [6.07, 6.45) is 12.7. The van der Waals surface area contributed by atoms with E-state index in [-0.39, 0.29) is 11.4 Å². The Morgan fingerprint density at radius 3 is 2.61 bits per heavy atom. The van der Waals surface area contributed by atoms with E-state index < -0.39 is 0 Å². The van der Waals surface area contributed by atoms with Crippen molar-refractivity contribution in [3.63, 3.8) is 0 Å². The van der Waals surface area contributed by atoms with Crippen LogP contribution in [0, 0.1) is 17.2 Å². The molecule has 3 N–H and O–H groups in total. The monoisotopic (exact) mass is 510 g/mol. The van der Waals surface area contributed by atoms with Gasteiger partial charge in [-0.25, -0.2) is 4.98 Å². The molecule has 0 spiro atoms. The molecule has 2 bridgehead atoms. The lowest BCUT2D eigenvalue weighted by molar-refractivity contribution is -0.121. The fraction of sp³-hybridized carbons (Fsp3) is 0.414. The molecular weight excluding hydrogens is 476 g/mol. The molecule has 4 heterocycles. The van der Waals surface area contributed by atoms with Crippen LogP contribution in [0.1, 0.15) is 52.1 Å². The Labute approximate surface area is 223 Å². The normalized spacial score (nSPS) is 25.1. The maximum atomic E-state index is 11.9. The van der Waals surface area contributed by atoms with Crippen molar-refractivity contribution < 1.29 is 4.79 Å². The first kappa shape index (κ1) is 25.5.